The first-order valence-electron chi connectivity index (χ1n) is 10.8. The Hall–Kier alpha value is -2.48. The Morgan fingerprint density at radius 1 is 1.06 bits per heavy atom. The molecule has 0 aliphatic carbocycles. The third-order valence-electron chi connectivity index (χ3n) is 6.08. The molecule has 2 atom stereocenters. The molecule has 166 valence electrons. The van der Waals surface area contributed by atoms with E-state index in [4.69, 9.17) is 15.9 Å². The summed E-state index contributed by atoms with van der Waals surface area (Å²) in [6.45, 7) is 7.11. The van der Waals surface area contributed by atoms with Crippen LogP contribution in [0.4, 0.5) is 0 Å². The maximum atomic E-state index is 13.0. The van der Waals surface area contributed by atoms with E-state index in [0.717, 1.165) is 16.8 Å². The van der Waals surface area contributed by atoms with Crippen molar-refractivity contribution in [2.75, 3.05) is 13.2 Å². The molecule has 0 saturated carbocycles. The molecule has 2 aromatic rings. The second-order valence-electron chi connectivity index (χ2n) is 9.17. The van der Waals surface area contributed by atoms with Gasteiger partial charge in [0.05, 0.1) is 6.61 Å². The highest BCUT2D eigenvalue weighted by atomic mass is 28.4. The van der Waals surface area contributed by atoms with E-state index in [1.54, 1.807) is 0 Å². The minimum atomic E-state index is -2.78. The molecule has 1 saturated heterocycles. The molecule has 0 radical (unpaired) electrons. The lowest BCUT2D eigenvalue weighted by atomic mass is 10.2. The van der Waals surface area contributed by atoms with E-state index in [1.165, 1.54) is 4.90 Å². The van der Waals surface area contributed by atoms with Gasteiger partial charge < -0.3 is 20.8 Å². The summed E-state index contributed by atoms with van der Waals surface area (Å²) >= 11 is 0. The summed E-state index contributed by atoms with van der Waals surface area (Å²) in [4.78, 5) is 26.3. The van der Waals surface area contributed by atoms with Gasteiger partial charge in [0.25, 0.3) is 8.32 Å². The number of rotatable bonds is 7. The van der Waals surface area contributed by atoms with Crippen LogP contribution in [0, 0.1) is 0 Å². The van der Waals surface area contributed by atoms with Gasteiger partial charge in [0.2, 0.25) is 11.8 Å². The molecule has 0 bridgehead atoms. The zero-order valence-corrected chi connectivity index (χ0v) is 19.6. The van der Waals surface area contributed by atoms with Crippen LogP contribution in [0.1, 0.15) is 33.6 Å². The molecule has 0 unspecified atom stereocenters. The van der Waals surface area contributed by atoms with Gasteiger partial charge in [0, 0.05) is 6.54 Å². The van der Waals surface area contributed by atoms with Gasteiger partial charge in [-0.25, -0.2) is 0 Å². The van der Waals surface area contributed by atoms with Crippen molar-refractivity contribution in [1.82, 2.24) is 4.90 Å². The maximum absolute atomic E-state index is 13.0. The van der Waals surface area contributed by atoms with Crippen molar-refractivity contribution in [3.05, 3.63) is 60.7 Å². The molecule has 2 amide bonds. The molecule has 31 heavy (non-hydrogen) atoms. The molecule has 4 N–H and O–H groups in total. The second kappa shape index (κ2) is 9.34. The van der Waals surface area contributed by atoms with Crippen molar-refractivity contribution in [3.8, 4) is 0 Å². The van der Waals surface area contributed by atoms with Gasteiger partial charge in [0.1, 0.15) is 12.1 Å². The van der Waals surface area contributed by atoms with Gasteiger partial charge in [-0.1, -0.05) is 81.4 Å². The number of carbonyl (C=O) groups is 2. The largest absolute Gasteiger partial charge is 0.405 e. The van der Waals surface area contributed by atoms with Crippen molar-refractivity contribution in [2.24, 2.45) is 11.5 Å². The minimum Gasteiger partial charge on any atom is -0.405 e. The number of nitrogens with zero attached hydrogens (tertiary/aromatic N) is 1. The summed E-state index contributed by atoms with van der Waals surface area (Å²) < 4.78 is 6.75. The van der Waals surface area contributed by atoms with Crippen LogP contribution >= 0.6 is 0 Å². The SMILES string of the molecule is CC(C)(C)[Si](OC[C@H](N)C(=O)N1CCC[C@H]1C(N)=O)(c1ccccc1)c1ccccc1. The fourth-order valence-electron chi connectivity index (χ4n) is 4.59. The zero-order valence-electron chi connectivity index (χ0n) is 18.6. The third kappa shape index (κ3) is 4.58. The summed E-state index contributed by atoms with van der Waals surface area (Å²) in [5.41, 5.74) is 11.8. The smallest absolute Gasteiger partial charge is 0.261 e. The Kier molecular flexibility index (Phi) is 6.98. The van der Waals surface area contributed by atoms with Gasteiger partial charge >= 0.3 is 0 Å². The highest BCUT2D eigenvalue weighted by Crippen LogP contribution is 2.36. The number of benzene rings is 2. The molecular weight excluding hydrogens is 406 g/mol. The van der Waals surface area contributed by atoms with Crippen LogP contribution < -0.4 is 21.8 Å². The quantitative estimate of drug-likeness (QED) is 0.637. The molecule has 0 spiro atoms. The van der Waals surface area contributed by atoms with Crippen LogP contribution in [0.15, 0.2) is 60.7 Å². The maximum Gasteiger partial charge on any atom is 0.261 e. The molecule has 7 heteroatoms. The summed E-state index contributed by atoms with van der Waals surface area (Å²) in [6.07, 6.45) is 1.34. The number of primary amides is 1. The predicted molar refractivity (Wildman–Crippen MR) is 125 cm³/mol. The number of amides is 2. The van der Waals surface area contributed by atoms with Crippen LogP contribution in [-0.4, -0.2) is 50.3 Å². The molecule has 2 aromatic carbocycles. The Labute approximate surface area is 185 Å². The van der Waals surface area contributed by atoms with E-state index < -0.39 is 26.3 Å². The number of hydrogen-bond acceptors (Lipinski definition) is 4. The van der Waals surface area contributed by atoms with E-state index in [-0.39, 0.29) is 17.6 Å². The first-order valence-corrected chi connectivity index (χ1v) is 12.7. The average molecular weight is 440 g/mol. The fourth-order valence-corrected chi connectivity index (χ4v) is 9.17. The number of nitrogens with two attached hydrogens (primary N) is 2. The summed E-state index contributed by atoms with van der Waals surface area (Å²) in [7, 11) is -2.78. The van der Waals surface area contributed by atoms with Crippen LogP contribution in [0.5, 0.6) is 0 Å². The number of carbonyl (C=O) groups excluding carboxylic acids is 2. The van der Waals surface area contributed by atoms with Crippen molar-refractivity contribution in [1.29, 1.82) is 0 Å². The molecular formula is C24H33N3O3Si. The van der Waals surface area contributed by atoms with Crippen molar-refractivity contribution < 1.29 is 14.0 Å². The van der Waals surface area contributed by atoms with E-state index in [9.17, 15) is 9.59 Å². The third-order valence-corrected chi connectivity index (χ3v) is 11.1. The first kappa shape index (κ1) is 23.2. The highest BCUT2D eigenvalue weighted by Gasteiger charge is 2.50. The van der Waals surface area contributed by atoms with Crippen LogP contribution in [0.2, 0.25) is 5.04 Å². The molecule has 1 aliphatic heterocycles. The predicted octanol–water partition coefficient (Wildman–Crippen LogP) is 1.37. The van der Waals surface area contributed by atoms with E-state index in [2.05, 4.69) is 45.0 Å². The van der Waals surface area contributed by atoms with Gasteiger partial charge in [-0.15, -0.1) is 0 Å². The van der Waals surface area contributed by atoms with E-state index >= 15 is 0 Å². The Bertz CT molecular complexity index is 860. The number of likely N-dealkylation sites (tertiary alicyclic amines) is 1. The summed E-state index contributed by atoms with van der Waals surface area (Å²) in [5.74, 6) is -0.759. The van der Waals surface area contributed by atoms with Crippen molar-refractivity contribution in [3.63, 3.8) is 0 Å². The average Bonchev–Trinajstić information content (AvgIpc) is 3.24. The summed E-state index contributed by atoms with van der Waals surface area (Å²) in [5, 5.41) is 2.05. The highest BCUT2D eigenvalue weighted by molar-refractivity contribution is 6.99. The van der Waals surface area contributed by atoms with Crippen molar-refractivity contribution >= 4 is 30.5 Å². The molecule has 6 nitrogen and oxygen atoms in total. The lowest BCUT2D eigenvalue weighted by molar-refractivity contribution is -0.138. The molecule has 1 aliphatic rings. The molecule has 0 aromatic heterocycles. The second-order valence-corrected chi connectivity index (χ2v) is 13.5. The Balaban J connectivity index is 1.93. The normalized spacial score (nSPS) is 18.1. The van der Waals surface area contributed by atoms with E-state index in [0.29, 0.717) is 13.0 Å². The fraction of sp³-hybridized carbons (Fsp3) is 0.417. The zero-order chi connectivity index (χ0) is 22.6. The topological polar surface area (TPSA) is 98.7 Å². The summed E-state index contributed by atoms with van der Waals surface area (Å²) in [6, 6.07) is 19.0. The minimum absolute atomic E-state index is 0.0775. The van der Waals surface area contributed by atoms with Gasteiger partial charge in [-0.05, 0) is 28.3 Å². The first-order chi connectivity index (χ1) is 14.7. The van der Waals surface area contributed by atoms with Crippen LogP contribution in [0.25, 0.3) is 0 Å². The van der Waals surface area contributed by atoms with Gasteiger partial charge in [0.15, 0.2) is 0 Å². The lowest BCUT2D eigenvalue weighted by Crippen LogP contribution is -2.67. The number of hydrogen-bond donors (Lipinski definition) is 2. The van der Waals surface area contributed by atoms with Crippen LogP contribution in [-0.2, 0) is 14.0 Å². The van der Waals surface area contributed by atoms with E-state index in [1.807, 2.05) is 36.4 Å². The molecule has 3 rings (SSSR count). The Morgan fingerprint density at radius 2 is 1.58 bits per heavy atom. The Morgan fingerprint density at radius 3 is 2.03 bits per heavy atom. The van der Waals surface area contributed by atoms with Crippen molar-refractivity contribution in [2.45, 2.75) is 50.7 Å². The lowest BCUT2D eigenvalue weighted by Gasteiger charge is -2.43. The van der Waals surface area contributed by atoms with Gasteiger partial charge in [-0.3, -0.25) is 9.59 Å². The molecule has 1 heterocycles. The standard InChI is InChI=1S/C24H33N3O3Si/c1-24(2,3)31(18-11-6-4-7-12-18,19-13-8-5-9-14-19)30-17-20(25)23(29)27-16-10-15-21(27)22(26)28/h4-9,11-14,20-21H,10,15-17,25H2,1-3H3,(H2,26,28)/t20-,21-/m0/s1. The van der Waals surface area contributed by atoms with Gasteiger partial charge in [-0.2, -0.15) is 0 Å². The molecule has 1 fully saturated rings. The monoisotopic (exact) mass is 439 g/mol. The van der Waals surface area contributed by atoms with Crippen LogP contribution in [0.3, 0.4) is 0 Å².